The molecule has 0 aliphatic carbocycles. The molecule has 35 heavy (non-hydrogen) atoms. The molecule has 0 aromatic carbocycles. The van der Waals surface area contributed by atoms with Crippen LogP contribution in [0.15, 0.2) is 11.0 Å². The Kier molecular flexibility index (Phi) is 10.2. The first-order valence-corrected chi connectivity index (χ1v) is 13.4. The number of esters is 1. The first-order chi connectivity index (χ1) is 16.1. The molecule has 0 amide bonds. The van der Waals surface area contributed by atoms with Crippen LogP contribution < -0.4 is 0 Å². The third kappa shape index (κ3) is 8.20. The number of ketones is 1. The first-order valence-electron chi connectivity index (χ1n) is 12.6. The molecule has 3 N–H and O–H groups in total. The van der Waals surface area contributed by atoms with Gasteiger partial charge in [-0.1, -0.05) is 34.1 Å². The normalized spacial score (nSPS) is 34.5. The zero-order valence-corrected chi connectivity index (χ0v) is 23.0. The predicted molar refractivity (Wildman–Crippen MR) is 138 cm³/mol. The lowest BCUT2D eigenvalue weighted by Gasteiger charge is -2.35. The van der Waals surface area contributed by atoms with Crippen molar-refractivity contribution in [3.8, 4) is 0 Å². The molecule has 1 aromatic rings. The molecule has 2 rings (SSSR count). The summed E-state index contributed by atoms with van der Waals surface area (Å²) in [5.74, 6) is -1.74. The Hall–Kier alpha value is -1.61. The van der Waals surface area contributed by atoms with E-state index in [1.807, 2.05) is 32.2 Å². The topological polar surface area (TPSA) is 117 Å². The molecule has 7 nitrogen and oxygen atoms in total. The minimum absolute atomic E-state index is 0.143. The van der Waals surface area contributed by atoms with Gasteiger partial charge in [0.2, 0.25) is 0 Å². The fraction of sp³-hybridized carbons (Fsp3) is 0.741. The number of nitrogens with zero attached hydrogens (tertiary/aromatic N) is 1. The highest BCUT2D eigenvalue weighted by Crippen LogP contribution is 2.33. The first kappa shape index (κ1) is 29.6. The Morgan fingerprint density at radius 2 is 1.83 bits per heavy atom. The Balaban J connectivity index is 2.33. The zero-order chi connectivity index (χ0) is 26.6. The van der Waals surface area contributed by atoms with Gasteiger partial charge < -0.3 is 20.1 Å². The van der Waals surface area contributed by atoms with Crippen LogP contribution in [-0.2, 0) is 14.3 Å². The number of carbonyl (C=O) groups is 2. The minimum Gasteiger partial charge on any atom is -0.458 e. The van der Waals surface area contributed by atoms with Crippen LogP contribution in [0, 0.1) is 24.2 Å². The van der Waals surface area contributed by atoms with E-state index in [2.05, 4.69) is 4.98 Å². The van der Waals surface area contributed by atoms with E-state index in [0.717, 1.165) is 16.3 Å². The molecule has 1 aromatic heterocycles. The predicted octanol–water partition coefficient (Wildman–Crippen LogP) is 4.46. The van der Waals surface area contributed by atoms with Gasteiger partial charge >= 0.3 is 5.97 Å². The number of Topliss-reactive ketones (excluding diaryl/α,β-unsaturated/α-hetero) is 1. The Morgan fingerprint density at radius 1 is 1.17 bits per heavy atom. The van der Waals surface area contributed by atoms with Crippen molar-refractivity contribution in [2.24, 2.45) is 17.3 Å². The van der Waals surface area contributed by atoms with Crippen LogP contribution in [0.3, 0.4) is 0 Å². The number of hydrogen-bond donors (Lipinski definition) is 3. The van der Waals surface area contributed by atoms with Crippen molar-refractivity contribution < 1.29 is 29.6 Å². The molecular weight excluding hydrogens is 466 g/mol. The summed E-state index contributed by atoms with van der Waals surface area (Å²) in [5.41, 5.74) is -0.602. The molecule has 198 valence electrons. The van der Waals surface area contributed by atoms with Crippen molar-refractivity contribution >= 4 is 29.2 Å². The maximum Gasteiger partial charge on any atom is 0.309 e. The Morgan fingerprint density at radius 3 is 2.43 bits per heavy atom. The van der Waals surface area contributed by atoms with E-state index in [1.165, 1.54) is 11.3 Å². The molecule has 0 saturated carbocycles. The Bertz CT molecular complexity index is 905. The number of rotatable bonds is 2. The highest BCUT2D eigenvalue weighted by Gasteiger charge is 2.42. The summed E-state index contributed by atoms with van der Waals surface area (Å²) in [6.07, 6.45) is 1.55. The number of carbonyl (C=O) groups excluding carboxylic acids is 2. The lowest BCUT2D eigenvalue weighted by atomic mass is 9.73. The summed E-state index contributed by atoms with van der Waals surface area (Å²) in [5, 5.41) is 35.5. The average molecular weight is 510 g/mol. The molecule has 1 aliphatic heterocycles. The largest absolute Gasteiger partial charge is 0.458 e. The van der Waals surface area contributed by atoms with Gasteiger partial charge in [-0.05, 0) is 64.0 Å². The van der Waals surface area contributed by atoms with Crippen molar-refractivity contribution in [1.82, 2.24) is 4.98 Å². The second kappa shape index (κ2) is 12.1. The Labute approximate surface area is 213 Å². The molecule has 1 saturated heterocycles. The van der Waals surface area contributed by atoms with E-state index in [-0.39, 0.29) is 18.1 Å². The lowest BCUT2D eigenvalue weighted by Crippen LogP contribution is -2.45. The highest BCUT2D eigenvalue weighted by molar-refractivity contribution is 7.09. The van der Waals surface area contributed by atoms with Crippen LogP contribution >= 0.6 is 11.3 Å². The van der Waals surface area contributed by atoms with Gasteiger partial charge in [-0.25, -0.2) is 4.98 Å². The zero-order valence-electron chi connectivity index (χ0n) is 22.2. The van der Waals surface area contributed by atoms with Gasteiger partial charge in [0.15, 0.2) is 0 Å². The number of cyclic esters (lactones) is 1. The molecule has 0 spiro atoms. The molecule has 6 atom stereocenters. The van der Waals surface area contributed by atoms with Gasteiger partial charge in [-0.3, -0.25) is 9.59 Å². The van der Waals surface area contributed by atoms with Crippen LogP contribution in [0.2, 0.25) is 0 Å². The molecule has 1 fully saturated rings. The van der Waals surface area contributed by atoms with E-state index in [1.54, 1.807) is 27.7 Å². The quantitative estimate of drug-likeness (QED) is 0.504. The van der Waals surface area contributed by atoms with E-state index >= 15 is 0 Å². The minimum atomic E-state index is -1.26. The smallest absolute Gasteiger partial charge is 0.309 e. The van der Waals surface area contributed by atoms with Crippen LogP contribution in [0.25, 0.3) is 6.08 Å². The fourth-order valence-corrected chi connectivity index (χ4v) is 5.28. The summed E-state index contributed by atoms with van der Waals surface area (Å²) in [6.45, 7) is 12.3. The average Bonchev–Trinajstić information content (AvgIpc) is 3.18. The molecule has 6 unspecified atom stereocenters. The van der Waals surface area contributed by atoms with Crippen molar-refractivity contribution in [3.63, 3.8) is 0 Å². The third-order valence-electron chi connectivity index (χ3n) is 7.45. The van der Waals surface area contributed by atoms with Crippen LogP contribution in [0.1, 0.15) is 90.8 Å². The maximum absolute atomic E-state index is 13.2. The van der Waals surface area contributed by atoms with Crippen molar-refractivity contribution in [2.75, 3.05) is 0 Å². The molecule has 2 heterocycles. The van der Waals surface area contributed by atoms with Gasteiger partial charge in [0.1, 0.15) is 11.9 Å². The number of thiazole rings is 1. The van der Waals surface area contributed by atoms with Crippen LogP contribution in [0.5, 0.6) is 0 Å². The van der Waals surface area contributed by atoms with Gasteiger partial charge in [0.25, 0.3) is 0 Å². The van der Waals surface area contributed by atoms with Gasteiger partial charge in [-0.2, -0.15) is 0 Å². The number of aryl methyl sites for hydroxylation is 1. The SMILES string of the molecule is C/C(=C\c1csc(C)n1)C1CCC(C)(O)CCCC(C)C(O)C(C)C(=O)C(C)(C)C(O)CC(=O)O1. The third-order valence-corrected chi connectivity index (χ3v) is 8.24. The molecule has 0 radical (unpaired) electrons. The summed E-state index contributed by atoms with van der Waals surface area (Å²) in [7, 11) is 0. The number of aliphatic hydroxyl groups is 3. The van der Waals surface area contributed by atoms with Gasteiger partial charge in [-0.15, -0.1) is 11.3 Å². The maximum atomic E-state index is 13.2. The van der Waals surface area contributed by atoms with Gasteiger partial charge in [0.05, 0.1) is 40.3 Å². The molecular formula is C27H43NO6S. The summed E-state index contributed by atoms with van der Waals surface area (Å²) in [4.78, 5) is 30.5. The summed E-state index contributed by atoms with van der Waals surface area (Å²) >= 11 is 1.53. The van der Waals surface area contributed by atoms with Crippen molar-refractivity contribution in [2.45, 2.75) is 111 Å². The number of aromatic nitrogens is 1. The number of ether oxygens (including phenoxy) is 1. The second-order valence-corrected chi connectivity index (χ2v) is 12.2. The standard InChI is InChI=1S/C27H43NO6S/c1-16-9-8-11-27(7,33)12-10-21(17(2)13-20-15-35-19(4)28-20)34-23(30)14-22(29)26(5,6)25(32)18(3)24(16)31/h13,15-16,18,21-22,24,29,31,33H,8-12,14H2,1-7H3/b17-13+. The second-order valence-electron chi connectivity index (χ2n) is 11.1. The summed E-state index contributed by atoms with van der Waals surface area (Å²) in [6, 6.07) is 0. The number of aliphatic hydroxyl groups excluding tert-OH is 2. The van der Waals surface area contributed by atoms with Crippen molar-refractivity contribution in [1.29, 1.82) is 0 Å². The van der Waals surface area contributed by atoms with Crippen LogP contribution in [0.4, 0.5) is 0 Å². The highest BCUT2D eigenvalue weighted by atomic mass is 32.1. The van der Waals surface area contributed by atoms with E-state index < -0.39 is 41.2 Å². The molecule has 0 bridgehead atoms. The van der Waals surface area contributed by atoms with Gasteiger partial charge in [0, 0.05) is 11.3 Å². The summed E-state index contributed by atoms with van der Waals surface area (Å²) < 4.78 is 5.79. The monoisotopic (exact) mass is 509 g/mol. The van der Waals surface area contributed by atoms with Crippen molar-refractivity contribution in [3.05, 3.63) is 21.7 Å². The molecule has 8 heteroatoms. The molecule has 1 aliphatic rings. The van der Waals surface area contributed by atoms with E-state index in [9.17, 15) is 24.9 Å². The van der Waals surface area contributed by atoms with Crippen LogP contribution in [-0.4, -0.2) is 56.0 Å². The van der Waals surface area contributed by atoms with E-state index in [4.69, 9.17) is 4.74 Å². The lowest BCUT2D eigenvalue weighted by molar-refractivity contribution is -0.155. The van der Waals surface area contributed by atoms with E-state index in [0.29, 0.717) is 32.1 Å². The number of hydrogen-bond acceptors (Lipinski definition) is 8. The fourth-order valence-electron chi connectivity index (χ4n) is 4.71.